The minimum atomic E-state index is -5.93. The van der Waals surface area contributed by atoms with E-state index in [1.807, 2.05) is 0 Å². The molecule has 0 amide bonds. The molecule has 0 radical (unpaired) electrons. The lowest BCUT2D eigenvalue weighted by atomic mass is 9.47. The van der Waals surface area contributed by atoms with E-state index in [2.05, 4.69) is 6.58 Å². The summed E-state index contributed by atoms with van der Waals surface area (Å²) in [7, 11) is 0. The van der Waals surface area contributed by atoms with Gasteiger partial charge in [0.1, 0.15) is 5.60 Å². The minimum Gasteiger partial charge on any atom is -0.456 e. The number of halogens is 6. The van der Waals surface area contributed by atoms with Crippen molar-refractivity contribution in [1.82, 2.24) is 0 Å². The van der Waals surface area contributed by atoms with Gasteiger partial charge in [-0.25, -0.2) is 4.79 Å². The molecule has 0 heterocycles. The van der Waals surface area contributed by atoms with Gasteiger partial charge in [-0.1, -0.05) is 6.58 Å². The normalized spacial score (nSPS) is 33.5. The molecule has 0 saturated heterocycles. The third kappa shape index (κ3) is 3.67. The summed E-state index contributed by atoms with van der Waals surface area (Å²) in [4.78, 5) is 12.1. The third-order valence-corrected chi connectivity index (χ3v) is 7.82. The van der Waals surface area contributed by atoms with Crippen LogP contribution in [0.1, 0.15) is 59.3 Å². The van der Waals surface area contributed by atoms with Crippen LogP contribution >= 0.6 is 0 Å². The lowest BCUT2D eigenvalue weighted by Crippen LogP contribution is -2.64. The highest BCUT2D eigenvalue weighted by atomic mass is 19.4. The molecule has 3 aliphatic carbocycles. The van der Waals surface area contributed by atoms with Crippen LogP contribution in [0.25, 0.3) is 0 Å². The highest BCUT2D eigenvalue weighted by Gasteiger charge is 2.73. The van der Waals surface area contributed by atoms with E-state index in [4.69, 9.17) is 9.47 Å². The molecule has 2 bridgehead atoms. The molecule has 1 N–H and O–H groups in total. The van der Waals surface area contributed by atoms with Crippen molar-refractivity contribution in [2.24, 2.45) is 17.3 Å². The Hall–Kier alpha value is -1.29. The quantitative estimate of drug-likeness (QED) is 0.342. The lowest BCUT2D eigenvalue weighted by Gasteiger charge is -2.61. The second-order valence-corrected chi connectivity index (χ2v) is 10.00. The maximum Gasteiger partial charge on any atom is 0.428 e. The van der Waals surface area contributed by atoms with Gasteiger partial charge in [0.05, 0.1) is 12.2 Å². The van der Waals surface area contributed by atoms with Crippen LogP contribution in [-0.2, 0) is 14.3 Å². The Labute approximate surface area is 177 Å². The van der Waals surface area contributed by atoms with Gasteiger partial charge in [0.25, 0.3) is 5.60 Å². The van der Waals surface area contributed by atoms with Gasteiger partial charge in [0, 0.05) is 11.0 Å². The maximum atomic E-state index is 13.1. The van der Waals surface area contributed by atoms with Crippen molar-refractivity contribution >= 4 is 5.97 Å². The van der Waals surface area contributed by atoms with Gasteiger partial charge < -0.3 is 14.6 Å². The summed E-state index contributed by atoms with van der Waals surface area (Å²) in [5.41, 5.74) is -7.36. The number of aliphatic hydroxyl groups is 1. The molecule has 0 spiro atoms. The van der Waals surface area contributed by atoms with Crippen LogP contribution in [0.4, 0.5) is 26.3 Å². The molecule has 3 rings (SSSR count). The van der Waals surface area contributed by atoms with E-state index in [-0.39, 0.29) is 17.4 Å². The van der Waals surface area contributed by atoms with E-state index in [9.17, 15) is 36.2 Å². The van der Waals surface area contributed by atoms with Crippen LogP contribution in [0, 0.1) is 17.3 Å². The highest BCUT2D eigenvalue weighted by Crippen LogP contribution is 2.71. The summed E-state index contributed by atoms with van der Waals surface area (Å²) in [6.07, 6.45) is -8.48. The van der Waals surface area contributed by atoms with Gasteiger partial charge in [-0.3, -0.25) is 0 Å². The van der Waals surface area contributed by atoms with Gasteiger partial charge in [-0.05, 0) is 71.1 Å². The van der Waals surface area contributed by atoms with Gasteiger partial charge >= 0.3 is 18.3 Å². The molecule has 4 atom stereocenters. The van der Waals surface area contributed by atoms with Crippen LogP contribution in [0.2, 0.25) is 0 Å². The number of hydrogen-bond donors (Lipinski definition) is 1. The zero-order valence-corrected chi connectivity index (χ0v) is 17.8. The zero-order chi connectivity index (χ0) is 23.7. The Bertz CT molecular complexity index is 740. The number of ether oxygens (including phenoxy) is 2. The van der Waals surface area contributed by atoms with E-state index in [1.54, 1.807) is 6.92 Å². The van der Waals surface area contributed by atoms with Gasteiger partial charge in [-0.2, -0.15) is 26.3 Å². The monoisotopic (exact) mass is 458 g/mol. The molecule has 0 aromatic rings. The highest BCUT2D eigenvalue weighted by molar-refractivity contribution is 5.87. The summed E-state index contributed by atoms with van der Waals surface area (Å²) in [5.74, 6) is -0.386. The third-order valence-electron chi connectivity index (χ3n) is 7.82. The van der Waals surface area contributed by atoms with E-state index < -0.39 is 47.1 Å². The summed E-state index contributed by atoms with van der Waals surface area (Å²) in [5, 5.41) is 9.48. The van der Waals surface area contributed by atoms with E-state index in [0.29, 0.717) is 38.5 Å². The molecule has 3 fully saturated rings. The molecule has 4 nitrogen and oxygen atoms in total. The van der Waals surface area contributed by atoms with Crippen LogP contribution in [0.5, 0.6) is 0 Å². The SMILES string of the molecule is C=C(C)C(=O)OC12CCCC3(C(C)(C)OCC(O)(C(F)(F)F)C(F)(F)F)CC(C1)C3C2. The van der Waals surface area contributed by atoms with E-state index in [0.717, 1.165) is 0 Å². The first-order chi connectivity index (χ1) is 13.9. The molecule has 3 aliphatic rings. The number of alkyl halides is 6. The summed E-state index contributed by atoms with van der Waals surface area (Å²) >= 11 is 0. The van der Waals surface area contributed by atoms with Crippen molar-refractivity contribution in [2.75, 3.05) is 6.61 Å². The molecular weight excluding hydrogens is 430 g/mol. The summed E-state index contributed by atoms with van der Waals surface area (Å²) in [6, 6.07) is 0. The molecule has 3 saturated carbocycles. The topological polar surface area (TPSA) is 55.8 Å². The summed E-state index contributed by atoms with van der Waals surface area (Å²) < 4.78 is 89.4. The molecular formula is C21H28F6O4. The average molecular weight is 458 g/mol. The van der Waals surface area contributed by atoms with Gasteiger partial charge in [0.15, 0.2) is 0 Å². The fourth-order valence-electron chi connectivity index (χ4n) is 5.97. The molecule has 31 heavy (non-hydrogen) atoms. The fourth-order valence-corrected chi connectivity index (χ4v) is 5.97. The Morgan fingerprint density at radius 2 is 1.65 bits per heavy atom. The predicted octanol–water partition coefficient (Wildman–Crippen LogP) is 5.10. The number of carbonyl (C=O) groups excluding carboxylic acids is 1. The Balaban J connectivity index is 1.80. The van der Waals surface area contributed by atoms with Crippen molar-refractivity contribution < 1.29 is 45.7 Å². The van der Waals surface area contributed by atoms with Crippen LogP contribution in [0.15, 0.2) is 12.2 Å². The van der Waals surface area contributed by atoms with Gasteiger partial charge in [0.2, 0.25) is 0 Å². The number of hydrogen-bond acceptors (Lipinski definition) is 4. The molecule has 0 aliphatic heterocycles. The first-order valence-corrected chi connectivity index (χ1v) is 10.3. The largest absolute Gasteiger partial charge is 0.456 e. The first-order valence-electron chi connectivity index (χ1n) is 10.3. The Morgan fingerprint density at radius 3 is 2.16 bits per heavy atom. The molecule has 4 unspecified atom stereocenters. The van der Waals surface area contributed by atoms with Crippen molar-refractivity contribution in [2.45, 2.75) is 88.5 Å². The van der Waals surface area contributed by atoms with Crippen LogP contribution in [0.3, 0.4) is 0 Å². The van der Waals surface area contributed by atoms with Gasteiger partial charge in [-0.15, -0.1) is 0 Å². The van der Waals surface area contributed by atoms with E-state index in [1.165, 1.54) is 13.8 Å². The predicted molar refractivity (Wildman–Crippen MR) is 97.8 cm³/mol. The van der Waals surface area contributed by atoms with Crippen LogP contribution in [-0.4, -0.2) is 46.8 Å². The number of fused-ring (bicyclic) bond motifs is 1. The van der Waals surface area contributed by atoms with Crippen molar-refractivity contribution in [3.63, 3.8) is 0 Å². The second kappa shape index (κ2) is 7.10. The van der Waals surface area contributed by atoms with Crippen molar-refractivity contribution in [3.05, 3.63) is 12.2 Å². The molecule has 0 aromatic carbocycles. The standard InChI is InChI=1S/C21H28F6O4/c1-12(2)15(28)31-17-6-5-7-18(9-13(8-17)14(18)10-17)16(3,4)30-11-19(29,20(22,23)24)21(25,26)27/h13-14,29H,1,5-11H2,2-4H3. The number of rotatable bonds is 6. The average Bonchev–Trinajstić information content (AvgIpc) is 2.78. The minimum absolute atomic E-state index is 0.0483. The maximum absolute atomic E-state index is 13.1. The van der Waals surface area contributed by atoms with Crippen molar-refractivity contribution in [1.29, 1.82) is 0 Å². The smallest absolute Gasteiger partial charge is 0.428 e. The summed E-state index contributed by atoms with van der Waals surface area (Å²) in [6.45, 7) is 6.18. The lowest BCUT2D eigenvalue weighted by molar-refractivity contribution is -0.386. The van der Waals surface area contributed by atoms with E-state index >= 15 is 0 Å². The zero-order valence-electron chi connectivity index (χ0n) is 17.8. The molecule has 10 heteroatoms. The molecule has 0 aromatic heterocycles. The Kier molecular flexibility index (Phi) is 5.58. The van der Waals surface area contributed by atoms with Crippen LogP contribution < -0.4 is 0 Å². The number of esters is 1. The first kappa shape index (κ1) is 24.4. The van der Waals surface area contributed by atoms with Crippen molar-refractivity contribution in [3.8, 4) is 0 Å². The number of carbonyl (C=O) groups is 1. The fraction of sp³-hybridized carbons (Fsp3) is 0.857. The molecule has 178 valence electrons. The second-order valence-electron chi connectivity index (χ2n) is 10.00. The Morgan fingerprint density at radius 1 is 1.06 bits per heavy atom.